The molecular formula is C20H20ClN3O4. The molecule has 1 fully saturated rings. The van der Waals surface area contributed by atoms with Gasteiger partial charge in [0.1, 0.15) is 5.75 Å². The van der Waals surface area contributed by atoms with E-state index in [9.17, 15) is 14.4 Å². The van der Waals surface area contributed by atoms with Gasteiger partial charge < -0.3 is 20.3 Å². The summed E-state index contributed by atoms with van der Waals surface area (Å²) in [4.78, 5) is 37.6. The molecule has 0 radical (unpaired) electrons. The highest BCUT2D eigenvalue weighted by molar-refractivity contribution is 6.34. The van der Waals surface area contributed by atoms with Crippen LogP contribution < -0.4 is 20.3 Å². The Balaban J connectivity index is 1.65. The van der Waals surface area contributed by atoms with Crippen LogP contribution in [-0.4, -0.2) is 37.4 Å². The van der Waals surface area contributed by atoms with E-state index in [-0.39, 0.29) is 35.2 Å². The summed E-state index contributed by atoms with van der Waals surface area (Å²) in [6.07, 6.45) is 0.218. The van der Waals surface area contributed by atoms with Crippen LogP contribution in [0.4, 0.5) is 11.4 Å². The topological polar surface area (TPSA) is 87.7 Å². The predicted octanol–water partition coefficient (Wildman–Crippen LogP) is 2.84. The number of amides is 3. The van der Waals surface area contributed by atoms with Crippen molar-refractivity contribution in [2.24, 2.45) is 0 Å². The SMILES string of the molecule is COc1ccc(N2CC(NC(=O)c3ccc(NC(C)=O)c(Cl)c3)CC2=O)cc1. The lowest BCUT2D eigenvalue weighted by atomic mass is 10.1. The van der Waals surface area contributed by atoms with Crippen molar-refractivity contribution in [2.75, 3.05) is 23.9 Å². The number of benzene rings is 2. The van der Waals surface area contributed by atoms with E-state index in [1.54, 1.807) is 48.4 Å². The van der Waals surface area contributed by atoms with Crippen LogP contribution in [0.5, 0.6) is 5.75 Å². The molecule has 0 aliphatic carbocycles. The quantitative estimate of drug-likeness (QED) is 0.806. The molecule has 2 aromatic rings. The number of hydrogen-bond acceptors (Lipinski definition) is 4. The summed E-state index contributed by atoms with van der Waals surface area (Å²) in [7, 11) is 1.58. The molecule has 0 bridgehead atoms. The zero-order chi connectivity index (χ0) is 20.3. The molecule has 1 atom stereocenters. The molecule has 2 aromatic carbocycles. The number of carbonyl (C=O) groups excluding carboxylic acids is 3. The van der Waals surface area contributed by atoms with Crippen LogP contribution in [0.25, 0.3) is 0 Å². The lowest BCUT2D eigenvalue weighted by Gasteiger charge is -2.17. The Bertz CT molecular complexity index is 914. The summed E-state index contributed by atoms with van der Waals surface area (Å²) in [6.45, 7) is 1.76. The Morgan fingerprint density at radius 3 is 2.50 bits per heavy atom. The first-order valence-electron chi connectivity index (χ1n) is 8.70. The number of nitrogens with zero attached hydrogens (tertiary/aromatic N) is 1. The maximum absolute atomic E-state index is 12.5. The third-order valence-corrected chi connectivity index (χ3v) is 4.70. The van der Waals surface area contributed by atoms with Gasteiger partial charge in [0, 0.05) is 31.1 Å². The second kappa shape index (κ2) is 8.31. The number of carbonyl (C=O) groups is 3. The summed E-state index contributed by atoms with van der Waals surface area (Å²) in [5.41, 5.74) is 1.55. The molecule has 1 heterocycles. The molecule has 1 aliphatic heterocycles. The van der Waals surface area contributed by atoms with Crippen molar-refractivity contribution in [1.82, 2.24) is 5.32 Å². The lowest BCUT2D eigenvalue weighted by Crippen LogP contribution is -2.37. The fraction of sp³-hybridized carbons (Fsp3) is 0.250. The molecule has 1 saturated heterocycles. The van der Waals surface area contributed by atoms with E-state index in [0.717, 1.165) is 5.69 Å². The zero-order valence-corrected chi connectivity index (χ0v) is 16.2. The van der Waals surface area contributed by atoms with Crippen LogP contribution in [-0.2, 0) is 9.59 Å². The van der Waals surface area contributed by atoms with Gasteiger partial charge in [-0.3, -0.25) is 14.4 Å². The fourth-order valence-corrected chi connectivity index (χ4v) is 3.26. The minimum Gasteiger partial charge on any atom is -0.497 e. The molecule has 1 aliphatic rings. The number of anilines is 2. The van der Waals surface area contributed by atoms with Crippen molar-refractivity contribution in [3.05, 3.63) is 53.1 Å². The Morgan fingerprint density at radius 1 is 1.18 bits per heavy atom. The maximum Gasteiger partial charge on any atom is 0.251 e. The fourth-order valence-electron chi connectivity index (χ4n) is 3.03. The Morgan fingerprint density at radius 2 is 1.89 bits per heavy atom. The number of rotatable bonds is 5. The van der Waals surface area contributed by atoms with Gasteiger partial charge in [0.25, 0.3) is 5.91 Å². The van der Waals surface area contributed by atoms with Crippen LogP contribution in [0.3, 0.4) is 0 Å². The minimum absolute atomic E-state index is 0.0606. The summed E-state index contributed by atoms with van der Waals surface area (Å²) in [6, 6.07) is 11.5. The number of hydrogen-bond donors (Lipinski definition) is 2. The standard InChI is InChI=1S/C20H20ClN3O4/c1-12(25)22-18-8-3-13(9-17(18)21)20(27)23-14-10-19(26)24(11-14)15-4-6-16(28-2)7-5-15/h3-9,14H,10-11H2,1-2H3,(H,22,25)(H,23,27). The van der Waals surface area contributed by atoms with Crippen molar-refractivity contribution in [2.45, 2.75) is 19.4 Å². The molecule has 1 unspecified atom stereocenters. The molecule has 2 N–H and O–H groups in total. The highest BCUT2D eigenvalue weighted by atomic mass is 35.5. The van der Waals surface area contributed by atoms with Gasteiger partial charge in [0.15, 0.2) is 0 Å². The lowest BCUT2D eigenvalue weighted by molar-refractivity contribution is -0.117. The van der Waals surface area contributed by atoms with Crippen LogP contribution in [0.2, 0.25) is 5.02 Å². The number of ether oxygens (including phenoxy) is 1. The molecule has 0 saturated carbocycles. The van der Waals surface area contributed by atoms with Crippen molar-refractivity contribution in [3.63, 3.8) is 0 Å². The predicted molar refractivity (Wildman–Crippen MR) is 107 cm³/mol. The highest BCUT2D eigenvalue weighted by Gasteiger charge is 2.31. The second-order valence-electron chi connectivity index (χ2n) is 6.45. The molecule has 7 nitrogen and oxygen atoms in total. The van der Waals surface area contributed by atoms with Gasteiger partial charge in [0.2, 0.25) is 11.8 Å². The van der Waals surface area contributed by atoms with Gasteiger partial charge in [-0.2, -0.15) is 0 Å². The molecule has 0 aromatic heterocycles. The highest BCUT2D eigenvalue weighted by Crippen LogP contribution is 2.25. The van der Waals surface area contributed by atoms with Gasteiger partial charge in [-0.1, -0.05) is 11.6 Å². The molecule has 3 rings (SSSR count). The summed E-state index contributed by atoms with van der Waals surface area (Å²) in [5.74, 6) is 0.0715. The molecule has 28 heavy (non-hydrogen) atoms. The molecule has 8 heteroatoms. The Hall–Kier alpha value is -3.06. The van der Waals surface area contributed by atoms with Crippen molar-refractivity contribution >= 4 is 40.7 Å². The van der Waals surface area contributed by atoms with Crippen molar-refractivity contribution in [3.8, 4) is 5.75 Å². The van der Waals surface area contributed by atoms with E-state index in [0.29, 0.717) is 23.5 Å². The van der Waals surface area contributed by atoms with E-state index < -0.39 is 0 Å². The average molecular weight is 402 g/mol. The first-order chi connectivity index (χ1) is 13.4. The van der Waals surface area contributed by atoms with Crippen LogP contribution in [0, 0.1) is 0 Å². The molecule has 3 amide bonds. The minimum atomic E-state index is -0.328. The smallest absolute Gasteiger partial charge is 0.251 e. The van der Waals surface area contributed by atoms with Gasteiger partial charge in [0.05, 0.1) is 23.9 Å². The van der Waals surface area contributed by atoms with E-state index in [1.807, 2.05) is 0 Å². The zero-order valence-electron chi connectivity index (χ0n) is 15.5. The normalized spacial score (nSPS) is 16.0. The number of methoxy groups -OCH3 is 1. The Kier molecular flexibility index (Phi) is 5.84. The van der Waals surface area contributed by atoms with E-state index in [4.69, 9.17) is 16.3 Å². The van der Waals surface area contributed by atoms with Crippen molar-refractivity contribution in [1.29, 1.82) is 0 Å². The van der Waals surface area contributed by atoms with Gasteiger partial charge in [-0.05, 0) is 42.5 Å². The first kappa shape index (κ1) is 19.7. The summed E-state index contributed by atoms with van der Waals surface area (Å²) in [5, 5.41) is 5.72. The summed E-state index contributed by atoms with van der Waals surface area (Å²) < 4.78 is 5.13. The summed E-state index contributed by atoms with van der Waals surface area (Å²) >= 11 is 6.12. The maximum atomic E-state index is 12.5. The van der Waals surface area contributed by atoms with E-state index in [2.05, 4.69) is 10.6 Å². The van der Waals surface area contributed by atoms with Crippen LogP contribution in [0.15, 0.2) is 42.5 Å². The first-order valence-corrected chi connectivity index (χ1v) is 9.07. The second-order valence-corrected chi connectivity index (χ2v) is 6.86. The molecule has 146 valence electrons. The number of halogens is 1. The van der Waals surface area contributed by atoms with Gasteiger partial charge in [-0.15, -0.1) is 0 Å². The Labute approximate surface area is 167 Å². The third-order valence-electron chi connectivity index (χ3n) is 4.39. The monoisotopic (exact) mass is 401 g/mol. The number of nitrogens with one attached hydrogen (secondary N) is 2. The van der Waals surface area contributed by atoms with Gasteiger partial charge in [-0.25, -0.2) is 0 Å². The van der Waals surface area contributed by atoms with E-state index >= 15 is 0 Å². The van der Waals surface area contributed by atoms with E-state index in [1.165, 1.54) is 13.0 Å². The van der Waals surface area contributed by atoms with Gasteiger partial charge >= 0.3 is 0 Å². The largest absolute Gasteiger partial charge is 0.497 e. The van der Waals surface area contributed by atoms with Crippen LogP contribution in [0.1, 0.15) is 23.7 Å². The molecular weight excluding hydrogens is 382 g/mol. The van der Waals surface area contributed by atoms with Crippen molar-refractivity contribution < 1.29 is 19.1 Å². The van der Waals surface area contributed by atoms with Crippen LogP contribution >= 0.6 is 11.6 Å². The average Bonchev–Trinajstić information content (AvgIpc) is 3.03. The third kappa shape index (κ3) is 4.43. The molecule has 0 spiro atoms.